The number of amides is 1. The van der Waals surface area contributed by atoms with Crippen LogP contribution in [0.15, 0.2) is 18.2 Å². The Morgan fingerprint density at radius 1 is 1.36 bits per heavy atom. The first-order chi connectivity index (χ1) is 12.0. The first-order valence-corrected chi connectivity index (χ1v) is 8.85. The Labute approximate surface area is 149 Å². The smallest absolute Gasteiger partial charge is 0.276 e. The number of nitrogens with zero attached hydrogens (tertiary/aromatic N) is 1. The van der Waals surface area contributed by atoms with E-state index in [9.17, 15) is 10.1 Å². The minimum Gasteiger partial charge on any atom is -0.493 e. The molecule has 0 aliphatic heterocycles. The number of methoxy groups -OCH3 is 1. The third-order valence-corrected chi connectivity index (χ3v) is 4.55. The van der Waals surface area contributed by atoms with Crippen molar-refractivity contribution in [3.05, 3.63) is 23.8 Å². The molecule has 0 spiro atoms. The van der Waals surface area contributed by atoms with Crippen molar-refractivity contribution in [3.63, 3.8) is 0 Å². The van der Waals surface area contributed by atoms with Crippen molar-refractivity contribution in [2.24, 2.45) is 0 Å². The Balaban J connectivity index is 1.92. The van der Waals surface area contributed by atoms with Crippen LogP contribution in [0.1, 0.15) is 38.2 Å². The normalized spacial score (nSPS) is 16.7. The Morgan fingerprint density at radius 3 is 2.68 bits per heavy atom. The molecule has 25 heavy (non-hydrogen) atoms. The lowest BCUT2D eigenvalue weighted by molar-refractivity contribution is -0.885. The van der Waals surface area contributed by atoms with Gasteiger partial charge in [-0.15, -0.1) is 0 Å². The number of quaternary nitrogens is 1. The summed E-state index contributed by atoms with van der Waals surface area (Å²) >= 11 is 0. The van der Waals surface area contributed by atoms with Crippen LogP contribution in [0.25, 0.3) is 0 Å². The van der Waals surface area contributed by atoms with E-state index in [1.54, 1.807) is 7.11 Å². The van der Waals surface area contributed by atoms with Crippen LogP contribution in [0.2, 0.25) is 0 Å². The van der Waals surface area contributed by atoms with Gasteiger partial charge < -0.3 is 19.7 Å². The van der Waals surface area contributed by atoms with Crippen LogP contribution in [-0.2, 0) is 11.3 Å². The van der Waals surface area contributed by atoms with Crippen molar-refractivity contribution >= 4 is 5.91 Å². The molecular weight excluding hydrogens is 318 g/mol. The Kier molecular flexibility index (Phi) is 6.65. The number of carbonyl (C=O) groups is 1. The van der Waals surface area contributed by atoms with E-state index < -0.39 is 5.54 Å². The van der Waals surface area contributed by atoms with Gasteiger partial charge in [0.1, 0.15) is 12.1 Å². The predicted molar refractivity (Wildman–Crippen MR) is 94.6 cm³/mol. The number of hydrogen-bond donors (Lipinski definition) is 2. The quantitative estimate of drug-likeness (QED) is 0.738. The molecule has 6 heteroatoms. The van der Waals surface area contributed by atoms with Gasteiger partial charge >= 0.3 is 0 Å². The molecule has 1 aromatic carbocycles. The molecule has 1 aliphatic carbocycles. The lowest BCUT2D eigenvalue weighted by Gasteiger charge is -2.23. The molecule has 0 radical (unpaired) electrons. The number of nitrogens with one attached hydrogen (secondary N) is 2. The van der Waals surface area contributed by atoms with Crippen LogP contribution in [0, 0.1) is 11.3 Å². The van der Waals surface area contributed by atoms with E-state index in [0.29, 0.717) is 25.4 Å². The van der Waals surface area contributed by atoms with E-state index in [0.717, 1.165) is 41.9 Å². The zero-order chi connectivity index (χ0) is 18.3. The van der Waals surface area contributed by atoms with E-state index in [1.165, 1.54) is 0 Å². The zero-order valence-electron chi connectivity index (χ0n) is 15.4. The first kappa shape index (κ1) is 19.1. The second kappa shape index (κ2) is 8.72. The zero-order valence-corrected chi connectivity index (χ0v) is 15.4. The van der Waals surface area contributed by atoms with Gasteiger partial charge in [-0.2, -0.15) is 5.26 Å². The number of ether oxygens (including phenoxy) is 2. The lowest BCUT2D eigenvalue weighted by Crippen LogP contribution is -3.09. The second-order valence-corrected chi connectivity index (χ2v) is 6.68. The Hall–Kier alpha value is -2.26. The number of likely N-dealkylation sites (N-methyl/N-ethyl adjacent to an activating group) is 1. The summed E-state index contributed by atoms with van der Waals surface area (Å²) in [5.41, 5.74) is 0.418. The predicted octanol–water partition coefficient (Wildman–Crippen LogP) is 1.06. The topological polar surface area (TPSA) is 75.8 Å². The van der Waals surface area contributed by atoms with Gasteiger partial charge in [0.25, 0.3) is 5.91 Å². The van der Waals surface area contributed by atoms with Crippen LogP contribution in [0.5, 0.6) is 11.5 Å². The molecule has 1 aliphatic rings. The monoisotopic (exact) mass is 346 g/mol. The molecule has 1 amide bonds. The number of benzene rings is 1. The van der Waals surface area contributed by atoms with Crippen molar-refractivity contribution in [2.75, 3.05) is 27.3 Å². The molecular formula is C19H28N3O3+. The largest absolute Gasteiger partial charge is 0.493 e. The van der Waals surface area contributed by atoms with Gasteiger partial charge in [0.15, 0.2) is 18.0 Å². The van der Waals surface area contributed by atoms with Gasteiger partial charge in [-0.05, 0) is 50.8 Å². The summed E-state index contributed by atoms with van der Waals surface area (Å²) in [7, 11) is 3.59. The fraction of sp³-hybridized carbons (Fsp3) is 0.579. The standard InChI is InChI=1S/C19H27N3O3/c1-4-25-16-8-7-15(11-17(16)24-3)12-22(2)13-18(23)21-19(14-20)9-5-6-10-19/h7-8,11H,4-6,9-10,12-13H2,1-3H3,(H,21,23)/p+1. The third-order valence-electron chi connectivity index (χ3n) is 4.55. The maximum absolute atomic E-state index is 12.3. The average molecular weight is 346 g/mol. The number of hydrogen-bond acceptors (Lipinski definition) is 4. The van der Waals surface area contributed by atoms with Crippen molar-refractivity contribution in [1.82, 2.24) is 5.32 Å². The highest BCUT2D eigenvalue weighted by Crippen LogP contribution is 2.29. The molecule has 1 atom stereocenters. The van der Waals surface area contributed by atoms with Crippen LogP contribution in [-0.4, -0.2) is 38.8 Å². The molecule has 0 aromatic heterocycles. The second-order valence-electron chi connectivity index (χ2n) is 6.68. The molecule has 1 aromatic rings. The van der Waals surface area contributed by atoms with E-state index in [-0.39, 0.29) is 5.91 Å². The summed E-state index contributed by atoms with van der Waals surface area (Å²) in [5.74, 6) is 1.35. The highest BCUT2D eigenvalue weighted by Gasteiger charge is 2.35. The molecule has 6 nitrogen and oxygen atoms in total. The maximum Gasteiger partial charge on any atom is 0.276 e. The molecule has 0 saturated heterocycles. The van der Waals surface area contributed by atoms with E-state index in [1.807, 2.05) is 32.2 Å². The first-order valence-electron chi connectivity index (χ1n) is 8.85. The molecule has 0 bridgehead atoms. The SMILES string of the molecule is CCOc1ccc(C[NH+](C)CC(=O)NC2(C#N)CCCC2)cc1OC. The average Bonchev–Trinajstić information content (AvgIpc) is 3.05. The summed E-state index contributed by atoms with van der Waals surface area (Å²) in [6.07, 6.45) is 3.51. The van der Waals surface area contributed by atoms with Crippen LogP contribution in [0.3, 0.4) is 0 Å². The molecule has 136 valence electrons. The summed E-state index contributed by atoms with van der Waals surface area (Å²) in [6, 6.07) is 8.12. The molecule has 2 N–H and O–H groups in total. The van der Waals surface area contributed by atoms with Gasteiger partial charge in [-0.25, -0.2) is 0 Å². The fourth-order valence-corrected chi connectivity index (χ4v) is 3.34. The highest BCUT2D eigenvalue weighted by atomic mass is 16.5. The van der Waals surface area contributed by atoms with E-state index >= 15 is 0 Å². The summed E-state index contributed by atoms with van der Waals surface area (Å²) in [5, 5.41) is 12.3. The van der Waals surface area contributed by atoms with Gasteiger partial charge in [-0.3, -0.25) is 4.79 Å². The minimum atomic E-state index is -0.653. The van der Waals surface area contributed by atoms with Crippen LogP contribution in [0.4, 0.5) is 0 Å². The van der Waals surface area contributed by atoms with Crippen molar-refractivity contribution in [3.8, 4) is 17.6 Å². The summed E-state index contributed by atoms with van der Waals surface area (Å²) in [6.45, 7) is 3.54. The van der Waals surface area contributed by atoms with Crippen molar-refractivity contribution in [1.29, 1.82) is 5.26 Å². The number of nitriles is 1. The Bertz CT molecular complexity index is 633. The Morgan fingerprint density at radius 2 is 2.08 bits per heavy atom. The summed E-state index contributed by atoms with van der Waals surface area (Å²) in [4.78, 5) is 13.3. The van der Waals surface area contributed by atoms with E-state index in [2.05, 4.69) is 11.4 Å². The molecule has 1 saturated carbocycles. The van der Waals surface area contributed by atoms with Gasteiger partial charge in [0.2, 0.25) is 0 Å². The summed E-state index contributed by atoms with van der Waals surface area (Å²) < 4.78 is 10.9. The van der Waals surface area contributed by atoms with Gasteiger partial charge in [-0.1, -0.05) is 0 Å². The molecule has 2 rings (SSSR count). The molecule has 1 fully saturated rings. The minimum absolute atomic E-state index is 0.0705. The van der Waals surface area contributed by atoms with Crippen LogP contribution >= 0.6 is 0 Å². The third kappa shape index (κ3) is 5.10. The molecule has 0 heterocycles. The van der Waals surface area contributed by atoms with E-state index in [4.69, 9.17) is 9.47 Å². The van der Waals surface area contributed by atoms with Gasteiger partial charge in [0, 0.05) is 5.56 Å². The lowest BCUT2D eigenvalue weighted by atomic mass is 10.00. The maximum atomic E-state index is 12.3. The number of carbonyl (C=O) groups excluding carboxylic acids is 1. The van der Waals surface area contributed by atoms with Crippen molar-refractivity contribution in [2.45, 2.75) is 44.7 Å². The van der Waals surface area contributed by atoms with Crippen molar-refractivity contribution < 1.29 is 19.2 Å². The highest BCUT2D eigenvalue weighted by molar-refractivity contribution is 5.78. The fourth-order valence-electron chi connectivity index (χ4n) is 3.34. The molecule has 1 unspecified atom stereocenters. The van der Waals surface area contributed by atoms with Gasteiger partial charge in [0.05, 0.1) is 26.8 Å². The number of rotatable bonds is 8. The van der Waals surface area contributed by atoms with Crippen LogP contribution < -0.4 is 19.7 Å².